The molecular weight excluding hydrogens is 444 g/mol. The van der Waals surface area contributed by atoms with E-state index in [1.54, 1.807) is 43.7 Å². The lowest BCUT2D eigenvalue weighted by Crippen LogP contribution is -2.17. The van der Waals surface area contributed by atoms with Crippen molar-refractivity contribution >= 4 is 50.2 Å². The van der Waals surface area contributed by atoms with Crippen LogP contribution < -0.4 is 15.4 Å². The van der Waals surface area contributed by atoms with Crippen molar-refractivity contribution in [2.75, 3.05) is 21.1 Å². The van der Waals surface area contributed by atoms with Crippen LogP contribution in [0.1, 0.15) is 19.4 Å². The van der Waals surface area contributed by atoms with E-state index in [0.29, 0.717) is 41.0 Å². The molecule has 0 bridgehead atoms. The number of rotatable bonds is 8. The number of nitrogens with zero attached hydrogens (tertiary/aromatic N) is 5. The van der Waals surface area contributed by atoms with E-state index in [1.165, 1.54) is 6.92 Å². The highest BCUT2D eigenvalue weighted by atomic mass is 32.2. The number of sulfonamides is 1. The molecule has 0 radical (unpaired) electrons. The molecule has 0 fully saturated rings. The molecule has 0 aliphatic rings. The minimum atomic E-state index is -3.45. The van der Waals surface area contributed by atoms with E-state index in [0.717, 1.165) is 5.39 Å². The second-order valence-corrected chi connectivity index (χ2v) is 9.18. The van der Waals surface area contributed by atoms with Crippen LogP contribution in [0.15, 0.2) is 55.1 Å². The molecule has 0 spiro atoms. The summed E-state index contributed by atoms with van der Waals surface area (Å²) in [7, 11) is -3.45. The molecule has 0 saturated heterocycles. The predicted octanol–water partition coefficient (Wildman–Crippen LogP) is 2.73. The van der Waals surface area contributed by atoms with E-state index in [2.05, 4.69) is 35.3 Å². The van der Waals surface area contributed by atoms with Crippen LogP contribution in [0, 0.1) is 0 Å². The van der Waals surface area contributed by atoms with Gasteiger partial charge in [-0.2, -0.15) is 4.98 Å². The topological polar surface area (TPSA) is 144 Å². The average Bonchev–Trinajstić information content (AvgIpc) is 3.18. The maximum absolute atomic E-state index is 12.0. The van der Waals surface area contributed by atoms with Gasteiger partial charge in [0, 0.05) is 36.5 Å². The van der Waals surface area contributed by atoms with Crippen molar-refractivity contribution in [2.45, 2.75) is 20.4 Å². The Labute approximate surface area is 190 Å². The Morgan fingerprint density at radius 1 is 1.09 bits per heavy atom. The molecule has 33 heavy (non-hydrogen) atoms. The quantitative estimate of drug-likeness (QED) is 0.360. The monoisotopic (exact) mass is 466 g/mol. The Hall–Kier alpha value is -4.06. The molecule has 4 aromatic heterocycles. The van der Waals surface area contributed by atoms with Crippen LogP contribution >= 0.6 is 0 Å². The van der Waals surface area contributed by atoms with Gasteiger partial charge in [-0.25, -0.2) is 23.4 Å². The van der Waals surface area contributed by atoms with Gasteiger partial charge in [0.05, 0.1) is 24.2 Å². The fourth-order valence-electron chi connectivity index (χ4n) is 3.07. The number of hydrogen-bond acceptors (Lipinski definition) is 8. The Morgan fingerprint density at radius 2 is 1.94 bits per heavy atom. The van der Waals surface area contributed by atoms with Crippen molar-refractivity contribution in [2.24, 2.45) is 0 Å². The van der Waals surface area contributed by atoms with Crippen LogP contribution in [-0.2, 0) is 21.4 Å². The fraction of sp³-hybridized carbons (Fsp3) is 0.190. The third-order valence-electron chi connectivity index (χ3n) is 4.69. The summed E-state index contributed by atoms with van der Waals surface area (Å²) in [6.45, 7) is 3.35. The smallest absolute Gasteiger partial charge is 0.233 e. The molecule has 0 saturated carbocycles. The Kier molecular flexibility index (Phi) is 6.18. The molecule has 11 nitrogen and oxygen atoms in total. The number of amides is 1. The third kappa shape index (κ3) is 5.41. The lowest BCUT2D eigenvalue weighted by Gasteiger charge is -2.12. The van der Waals surface area contributed by atoms with Gasteiger partial charge in [0.15, 0.2) is 0 Å². The van der Waals surface area contributed by atoms with Gasteiger partial charge in [0.2, 0.25) is 21.9 Å². The number of aromatic nitrogens is 5. The number of pyridine rings is 2. The molecule has 3 N–H and O–H groups in total. The largest absolute Gasteiger partial charge is 0.328 e. The van der Waals surface area contributed by atoms with Crippen LogP contribution in [0.3, 0.4) is 0 Å². The van der Waals surface area contributed by atoms with Crippen molar-refractivity contribution < 1.29 is 13.2 Å². The number of carbonyl (C=O) groups is 1. The molecule has 4 rings (SSSR count). The summed E-state index contributed by atoms with van der Waals surface area (Å²) in [5, 5.41) is 6.53. The molecule has 12 heteroatoms. The molecule has 170 valence electrons. The van der Waals surface area contributed by atoms with Gasteiger partial charge in [-0.05, 0) is 31.2 Å². The van der Waals surface area contributed by atoms with E-state index in [-0.39, 0.29) is 11.7 Å². The zero-order chi connectivity index (χ0) is 23.4. The highest BCUT2D eigenvalue weighted by Gasteiger charge is 2.13. The van der Waals surface area contributed by atoms with Crippen LogP contribution in [-0.4, -0.2) is 44.6 Å². The molecule has 0 aliphatic heterocycles. The summed E-state index contributed by atoms with van der Waals surface area (Å²) >= 11 is 0. The molecule has 1 amide bonds. The third-order valence-corrected chi connectivity index (χ3v) is 5.95. The van der Waals surface area contributed by atoms with Crippen molar-refractivity contribution in [1.82, 2.24) is 24.5 Å². The van der Waals surface area contributed by atoms with E-state index in [9.17, 15) is 13.2 Å². The van der Waals surface area contributed by atoms with Crippen molar-refractivity contribution in [1.29, 1.82) is 0 Å². The number of nitrogens with one attached hydrogen (secondary N) is 3. The summed E-state index contributed by atoms with van der Waals surface area (Å²) in [6, 6.07) is 8.88. The summed E-state index contributed by atoms with van der Waals surface area (Å²) in [6.07, 6.45) is 6.67. The van der Waals surface area contributed by atoms with E-state index in [4.69, 9.17) is 0 Å². The van der Waals surface area contributed by atoms with Gasteiger partial charge in [0.1, 0.15) is 17.3 Å². The molecule has 0 unspecified atom stereocenters. The summed E-state index contributed by atoms with van der Waals surface area (Å²) in [5.74, 6) is 0.869. The Bertz CT molecular complexity index is 1400. The normalized spacial score (nSPS) is 11.3. The van der Waals surface area contributed by atoms with Gasteiger partial charge in [-0.1, -0.05) is 6.07 Å². The van der Waals surface area contributed by atoms with Gasteiger partial charge < -0.3 is 15.2 Å². The second kappa shape index (κ2) is 9.20. The second-order valence-electron chi connectivity index (χ2n) is 7.17. The maximum atomic E-state index is 12.0. The number of carbonyl (C=O) groups excluding carboxylic acids is 1. The molecule has 4 heterocycles. The number of anilines is 4. The minimum Gasteiger partial charge on any atom is -0.328 e. The number of hydrogen-bond donors (Lipinski definition) is 3. The highest BCUT2D eigenvalue weighted by Crippen LogP contribution is 2.21. The van der Waals surface area contributed by atoms with E-state index in [1.807, 2.05) is 22.9 Å². The van der Waals surface area contributed by atoms with Crippen molar-refractivity contribution in [3.63, 3.8) is 0 Å². The Balaban J connectivity index is 1.58. The van der Waals surface area contributed by atoms with Crippen LogP contribution in [0.2, 0.25) is 0 Å². The number of fused-ring (bicyclic) bond motifs is 1. The van der Waals surface area contributed by atoms with Crippen molar-refractivity contribution in [3.05, 3.63) is 60.7 Å². The molecule has 0 aromatic carbocycles. The molecule has 0 atom stereocenters. The van der Waals surface area contributed by atoms with E-state index < -0.39 is 10.0 Å². The highest BCUT2D eigenvalue weighted by molar-refractivity contribution is 7.92. The molecule has 4 aromatic rings. The molecule has 0 aliphatic carbocycles. The van der Waals surface area contributed by atoms with E-state index >= 15 is 0 Å². The van der Waals surface area contributed by atoms with Gasteiger partial charge in [-0.15, -0.1) is 0 Å². The van der Waals surface area contributed by atoms with Crippen LogP contribution in [0.4, 0.5) is 23.3 Å². The first kappa shape index (κ1) is 22.1. The van der Waals surface area contributed by atoms with Gasteiger partial charge in [0.25, 0.3) is 0 Å². The zero-order valence-electron chi connectivity index (χ0n) is 18.0. The maximum Gasteiger partial charge on any atom is 0.233 e. The van der Waals surface area contributed by atoms with Crippen molar-refractivity contribution in [3.8, 4) is 0 Å². The predicted molar refractivity (Wildman–Crippen MR) is 126 cm³/mol. The SMILES string of the molecule is CCS(=O)(=O)Nc1ncccc1Cn1ccc2cnc(Nc3ccc(NC(C)=O)nc3)nc21. The first-order valence-corrected chi connectivity index (χ1v) is 11.7. The zero-order valence-corrected chi connectivity index (χ0v) is 18.8. The summed E-state index contributed by atoms with van der Waals surface area (Å²) in [4.78, 5) is 28.4. The summed E-state index contributed by atoms with van der Waals surface area (Å²) < 4.78 is 28.4. The lowest BCUT2D eigenvalue weighted by molar-refractivity contribution is -0.114. The van der Waals surface area contributed by atoms with Crippen LogP contribution in [0.25, 0.3) is 11.0 Å². The standard InChI is InChI=1S/C21H22N8O3S/c1-3-33(31,32)28-19-16(5-4-9-22-19)13-29-10-8-15-11-24-21(27-20(15)29)26-17-6-7-18(23-12-17)25-14(2)30/h4-12H,3,13H2,1-2H3,(H,22,28)(H,23,25,30)(H,24,26,27). The minimum absolute atomic E-state index is 0.0433. The lowest BCUT2D eigenvalue weighted by atomic mass is 10.2. The fourth-order valence-corrected chi connectivity index (χ4v) is 3.69. The van der Waals surface area contributed by atoms with Gasteiger partial charge >= 0.3 is 0 Å². The summed E-state index contributed by atoms with van der Waals surface area (Å²) in [5.41, 5.74) is 2.03. The molecular formula is C21H22N8O3S. The van der Waals surface area contributed by atoms with Gasteiger partial charge in [-0.3, -0.25) is 9.52 Å². The first-order chi connectivity index (χ1) is 15.8. The Morgan fingerprint density at radius 3 is 2.67 bits per heavy atom. The van der Waals surface area contributed by atoms with Crippen LogP contribution in [0.5, 0.6) is 0 Å². The average molecular weight is 467 g/mol. The first-order valence-electron chi connectivity index (χ1n) is 10.1.